The first-order chi connectivity index (χ1) is 9.09. The maximum Gasteiger partial charge on any atom is 1.00 e. The number of nitrogens with one attached hydrogen (secondary N) is 1. The molecule has 0 aromatic carbocycles. The first-order valence-corrected chi connectivity index (χ1v) is 6.02. The minimum absolute atomic E-state index is 0. The molecule has 1 fully saturated rings. The maximum atomic E-state index is 11.6. The Bertz CT molecular complexity index is 690. The van der Waals surface area contributed by atoms with Gasteiger partial charge in [-0.15, -0.1) is 0 Å². The molecule has 3 rings (SSSR count). The fourth-order valence-electron chi connectivity index (χ4n) is 2.55. The maximum absolute atomic E-state index is 11.6. The second-order valence-electron chi connectivity index (χ2n) is 5.10. The number of aliphatic hydroxyl groups is 2. The molecule has 2 aromatic heterocycles. The molecule has 9 heteroatoms. The number of fused-ring (bicyclic) bond motifs is 1. The number of aromatic amines is 1. The summed E-state index contributed by atoms with van der Waals surface area (Å²) in [5.41, 5.74) is 5.42. The van der Waals surface area contributed by atoms with Gasteiger partial charge in [0.1, 0.15) is 0 Å². The van der Waals surface area contributed by atoms with E-state index >= 15 is 0 Å². The van der Waals surface area contributed by atoms with Gasteiger partial charge >= 0.3 is 51.4 Å². The minimum atomic E-state index is -0.381. The number of nitrogens with zero attached hydrogens (tertiary/aromatic N) is 3. The van der Waals surface area contributed by atoms with Crippen LogP contribution >= 0.6 is 0 Å². The van der Waals surface area contributed by atoms with Gasteiger partial charge in [-0.25, -0.2) is 4.98 Å². The molecule has 0 unspecified atom stereocenters. The van der Waals surface area contributed by atoms with Crippen LogP contribution in [-0.2, 0) is 6.54 Å². The van der Waals surface area contributed by atoms with Crippen molar-refractivity contribution < 1.29 is 63.0 Å². The number of nitrogens with two attached hydrogens (primary N) is 1. The summed E-state index contributed by atoms with van der Waals surface area (Å²) in [7, 11) is 0. The van der Waals surface area contributed by atoms with Crippen LogP contribution in [0.3, 0.4) is 0 Å². The van der Waals surface area contributed by atoms with E-state index in [0.717, 1.165) is 6.42 Å². The van der Waals surface area contributed by atoms with E-state index in [4.69, 9.17) is 5.73 Å². The largest absolute Gasteiger partial charge is 1.00 e. The Kier molecular flexibility index (Phi) is 4.69. The number of aromatic nitrogens is 4. The van der Waals surface area contributed by atoms with Crippen LogP contribution < -0.4 is 62.7 Å². The molecule has 0 saturated heterocycles. The third-order valence-corrected chi connectivity index (χ3v) is 3.87. The van der Waals surface area contributed by atoms with E-state index in [9.17, 15) is 15.0 Å². The van der Waals surface area contributed by atoms with Gasteiger partial charge in [-0.3, -0.25) is 9.78 Å². The molecule has 0 spiro atoms. The van der Waals surface area contributed by atoms with Gasteiger partial charge in [-0.1, -0.05) is 0 Å². The van der Waals surface area contributed by atoms with Gasteiger partial charge in [0.2, 0.25) is 5.95 Å². The first-order valence-electron chi connectivity index (χ1n) is 6.02. The molecule has 20 heavy (non-hydrogen) atoms. The SMILES string of the molecule is Nc1nc2c(ncn2C[C@]2(CO)C[C@H]2CO)c(=O)[nH]1.[H-].[K+]. The third-order valence-electron chi connectivity index (χ3n) is 3.87. The van der Waals surface area contributed by atoms with Crippen LogP contribution in [0.2, 0.25) is 0 Å². The van der Waals surface area contributed by atoms with Crippen molar-refractivity contribution in [1.29, 1.82) is 0 Å². The Balaban J connectivity index is 0.00000110. The second kappa shape index (κ2) is 5.83. The van der Waals surface area contributed by atoms with Crippen LogP contribution in [-0.4, -0.2) is 42.9 Å². The van der Waals surface area contributed by atoms with Crippen molar-refractivity contribution in [2.24, 2.45) is 11.3 Å². The van der Waals surface area contributed by atoms with E-state index in [2.05, 4.69) is 15.0 Å². The summed E-state index contributed by atoms with van der Waals surface area (Å²) < 4.78 is 1.70. The molecule has 2 atom stereocenters. The van der Waals surface area contributed by atoms with Crippen LogP contribution in [0.4, 0.5) is 5.95 Å². The predicted molar refractivity (Wildman–Crippen MR) is 68.4 cm³/mol. The normalized spacial score (nSPS) is 24.6. The van der Waals surface area contributed by atoms with Crippen molar-refractivity contribution in [3.8, 4) is 0 Å². The number of imidazole rings is 1. The van der Waals surface area contributed by atoms with Crippen molar-refractivity contribution in [1.82, 2.24) is 19.5 Å². The summed E-state index contributed by atoms with van der Waals surface area (Å²) in [5, 5.41) is 18.7. The van der Waals surface area contributed by atoms with E-state index in [1.165, 1.54) is 6.33 Å². The van der Waals surface area contributed by atoms with Crippen molar-refractivity contribution in [2.75, 3.05) is 18.9 Å². The van der Waals surface area contributed by atoms with Crippen LogP contribution in [0.1, 0.15) is 7.85 Å². The minimum Gasteiger partial charge on any atom is -1.00 e. The summed E-state index contributed by atoms with van der Waals surface area (Å²) in [6.07, 6.45) is 2.26. The molecule has 0 bridgehead atoms. The quantitative estimate of drug-likeness (QED) is 0.424. The summed E-state index contributed by atoms with van der Waals surface area (Å²) in [5.74, 6) is 0.112. The van der Waals surface area contributed by atoms with Gasteiger partial charge in [0.25, 0.3) is 5.56 Å². The zero-order valence-corrected chi connectivity index (χ0v) is 14.3. The third kappa shape index (κ3) is 2.59. The molecule has 1 aliphatic carbocycles. The van der Waals surface area contributed by atoms with Crippen molar-refractivity contribution in [2.45, 2.75) is 13.0 Å². The molecule has 0 radical (unpaired) electrons. The van der Waals surface area contributed by atoms with Gasteiger partial charge in [-0.05, 0) is 12.3 Å². The Morgan fingerprint density at radius 1 is 1.60 bits per heavy atom. The number of hydrogen-bond acceptors (Lipinski definition) is 6. The monoisotopic (exact) mass is 305 g/mol. The topological polar surface area (TPSA) is 130 Å². The summed E-state index contributed by atoms with van der Waals surface area (Å²) in [4.78, 5) is 22.1. The summed E-state index contributed by atoms with van der Waals surface area (Å²) in [6.45, 7) is 0.487. The smallest absolute Gasteiger partial charge is 1.00 e. The Morgan fingerprint density at radius 3 is 2.95 bits per heavy atom. The van der Waals surface area contributed by atoms with Gasteiger partial charge in [0.15, 0.2) is 11.2 Å². The molecule has 0 aliphatic heterocycles. The zero-order valence-electron chi connectivity index (χ0n) is 12.2. The molecule has 2 aromatic rings. The fraction of sp³-hybridized carbons (Fsp3) is 0.545. The van der Waals surface area contributed by atoms with E-state index < -0.39 is 0 Å². The van der Waals surface area contributed by atoms with E-state index in [1.54, 1.807) is 4.57 Å². The fourth-order valence-corrected chi connectivity index (χ4v) is 2.55. The zero-order chi connectivity index (χ0) is 13.6. The number of hydrogen-bond donors (Lipinski definition) is 4. The van der Waals surface area contributed by atoms with Gasteiger partial charge in [0.05, 0.1) is 12.9 Å². The summed E-state index contributed by atoms with van der Waals surface area (Å²) >= 11 is 0. The summed E-state index contributed by atoms with van der Waals surface area (Å²) in [6, 6.07) is 0. The van der Waals surface area contributed by atoms with Gasteiger partial charge in [-0.2, -0.15) is 4.98 Å². The molecular weight excluding hydrogens is 289 g/mol. The number of nitrogen functional groups attached to an aromatic ring is 1. The average Bonchev–Trinajstić information content (AvgIpc) is 2.95. The molecule has 2 heterocycles. The molecule has 0 amide bonds. The van der Waals surface area contributed by atoms with Crippen molar-refractivity contribution >= 4 is 17.1 Å². The van der Waals surface area contributed by atoms with E-state index in [0.29, 0.717) is 12.2 Å². The Labute approximate surface area is 158 Å². The Morgan fingerprint density at radius 2 is 2.35 bits per heavy atom. The van der Waals surface area contributed by atoms with Crippen molar-refractivity contribution in [3.63, 3.8) is 0 Å². The predicted octanol–water partition coefficient (Wildman–Crippen LogP) is -4.19. The molecule has 8 nitrogen and oxygen atoms in total. The van der Waals surface area contributed by atoms with E-state index in [-0.39, 0.29) is 94.4 Å². The standard InChI is InChI=1S/C11H15N5O3.K.H/c12-10-14-8-7(9(19)15-10)13-5-16(8)3-11(4-18)1-6(11)2-17;;/h5-6,17-18H,1-4H2,(H3,12,14,15,19);;/q;+1;-1/t6-,11-;;/m0../s1. The second-order valence-corrected chi connectivity index (χ2v) is 5.10. The van der Waals surface area contributed by atoms with Crippen LogP contribution in [0, 0.1) is 11.3 Å². The molecular formula is C11H16KN5O3. The molecule has 1 aliphatic rings. The van der Waals surface area contributed by atoms with E-state index in [1.807, 2.05) is 0 Å². The number of H-pyrrole nitrogens is 1. The number of aliphatic hydroxyl groups excluding tert-OH is 2. The van der Waals surface area contributed by atoms with Crippen LogP contribution in [0.5, 0.6) is 0 Å². The Hall–Kier alpha value is -0.294. The number of anilines is 1. The van der Waals surface area contributed by atoms with Crippen LogP contribution in [0.15, 0.2) is 11.1 Å². The first kappa shape index (κ1) is 16.1. The van der Waals surface area contributed by atoms with Gasteiger partial charge in [0, 0.05) is 18.6 Å². The van der Waals surface area contributed by atoms with Crippen LogP contribution in [0.25, 0.3) is 11.2 Å². The molecule has 104 valence electrons. The number of rotatable bonds is 4. The molecule has 1 saturated carbocycles. The van der Waals surface area contributed by atoms with Crippen molar-refractivity contribution in [3.05, 3.63) is 16.7 Å². The molecule has 5 N–H and O–H groups in total. The van der Waals surface area contributed by atoms with Gasteiger partial charge < -0.3 is 21.9 Å². The average molecular weight is 305 g/mol.